The predicted octanol–water partition coefficient (Wildman–Crippen LogP) is 2.86. The van der Waals surface area contributed by atoms with Crippen molar-refractivity contribution >= 4 is 27.7 Å². The van der Waals surface area contributed by atoms with Crippen LogP contribution < -0.4 is 4.74 Å². The van der Waals surface area contributed by atoms with Crippen LogP contribution in [0.4, 0.5) is 4.39 Å². The Morgan fingerprint density at radius 2 is 2.14 bits per heavy atom. The molecule has 28 heavy (non-hydrogen) atoms. The van der Waals surface area contributed by atoms with Crippen molar-refractivity contribution < 1.29 is 17.5 Å². The third kappa shape index (κ3) is 3.87. The summed E-state index contributed by atoms with van der Waals surface area (Å²) < 4.78 is 44.1. The van der Waals surface area contributed by atoms with E-state index in [-0.39, 0.29) is 22.5 Å². The number of hydrogen-bond acceptors (Lipinski definition) is 7. The average Bonchev–Trinajstić information content (AvgIpc) is 3.07. The normalized spacial score (nSPS) is 11.4. The molecule has 3 rings (SSSR count). The Hall–Kier alpha value is -2.85. The molecule has 0 radical (unpaired) electrons. The zero-order valence-corrected chi connectivity index (χ0v) is 16.4. The molecule has 11 heteroatoms. The van der Waals surface area contributed by atoms with E-state index in [1.54, 1.807) is 6.20 Å². The lowest BCUT2D eigenvalue weighted by molar-refractivity contribution is 0.387. The van der Waals surface area contributed by atoms with E-state index in [1.807, 2.05) is 0 Å². The molecule has 1 N–H and O–H groups in total. The van der Waals surface area contributed by atoms with Gasteiger partial charge in [-0.3, -0.25) is 4.68 Å². The molecule has 0 bridgehead atoms. The summed E-state index contributed by atoms with van der Waals surface area (Å²) in [5.74, 6) is -0.760. The smallest absolute Gasteiger partial charge is 0.247 e. The van der Waals surface area contributed by atoms with Gasteiger partial charge in [0, 0.05) is 36.0 Å². The highest BCUT2D eigenvalue weighted by molar-refractivity contribution is 7.90. The SMILES string of the molecule is COc1cc(-c2nn(CC=N)cc2-c2ccnc(S(C)(=O)=O)n2)cc(Cl)c1F. The first kappa shape index (κ1) is 19.9. The Bertz CT molecular complexity index is 1160. The van der Waals surface area contributed by atoms with E-state index >= 15 is 0 Å². The summed E-state index contributed by atoms with van der Waals surface area (Å²) in [6.07, 6.45) is 5.10. The van der Waals surface area contributed by atoms with Crippen LogP contribution in [0.5, 0.6) is 5.75 Å². The summed E-state index contributed by atoms with van der Waals surface area (Å²) in [6.45, 7) is 0.184. The Kier molecular flexibility index (Phi) is 5.43. The van der Waals surface area contributed by atoms with Crippen molar-refractivity contribution in [2.45, 2.75) is 11.7 Å². The van der Waals surface area contributed by atoms with Crippen molar-refractivity contribution in [1.82, 2.24) is 19.7 Å². The van der Waals surface area contributed by atoms with E-state index in [9.17, 15) is 12.8 Å². The van der Waals surface area contributed by atoms with Crippen LogP contribution in [0, 0.1) is 11.2 Å². The number of nitrogens with one attached hydrogen (secondary N) is 1. The first-order valence-electron chi connectivity index (χ1n) is 7.88. The summed E-state index contributed by atoms with van der Waals surface area (Å²) in [5, 5.41) is 11.2. The van der Waals surface area contributed by atoms with Gasteiger partial charge in [0.05, 0.1) is 24.4 Å². The van der Waals surface area contributed by atoms with Crippen LogP contribution in [0.2, 0.25) is 5.02 Å². The Morgan fingerprint density at radius 1 is 1.39 bits per heavy atom. The molecule has 0 amide bonds. The summed E-state index contributed by atoms with van der Waals surface area (Å²) in [7, 11) is -2.30. The van der Waals surface area contributed by atoms with Crippen LogP contribution in [0.25, 0.3) is 22.5 Å². The highest BCUT2D eigenvalue weighted by Gasteiger charge is 2.20. The Morgan fingerprint density at radius 3 is 2.79 bits per heavy atom. The van der Waals surface area contributed by atoms with Gasteiger partial charge in [0.15, 0.2) is 11.6 Å². The zero-order valence-electron chi connectivity index (χ0n) is 14.8. The topological polar surface area (TPSA) is 111 Å². The summed E-state index contributed by atoms with van der Waals surface area (Å²) in [6, 6.07) is 4.35. The van der Waals surface area contributed by atoms with Gasteiger partial charge in [0.25, 0.3) is 0 Å². The van der Waals surface area contributed by atoms with Crippen molar-refractivity contribution in [2.24, 2.45) is 0 Å². The Balaban J connectivity index is 2.24. The predicted molar refractivity (Wildman–Crippen MR) is 102 cm³/mol. The fraction of sp³-hybridized carbons (Fsp3) is 0.176. The minimum atomic E-state index is -3.61. The van der Waals surface area contributed by atoms with Crippen LogP contribution in [0.15, 0.2) is 35.7 Å². The molecule has 0 aliphatic carbocycles. The van der Waals surface area contributed by atoms with Gasteiger partial charge in [0.2, 0.25) is 15.0 Å². The van der Waals surface area contributed by atoms with Crippen LogP contribution in [0.3, 0.4) is 0 Å². The second kappa shape index (κ2) is 7.64. The van der Waals surface area contributed by atoms with Crippen molar-refractivity contribution in [1.29, 1.82) is 5.41 Å². The zero-order chi connectivity index (χ0) is 20.5. The van der Waals surface area contributed by atoms with Gasteiger partial charge in [-0.2, -0.15) is 5.10 Å². The minimum absolute atomic E-state index is 0.0606. The van der Waals surface area contributed by atoms with Crippen LogP contribution >= 0.6 is 11.6 Å². The molecule has 0 fully saturated rings. The number of benzene rings is 1. The first-order chi connectivity index (χ1) is 13.2. The van der Waals surface area contributed by atoms with E-state index in [1.165, 1.54) is 36.2 Å². The molecule has 2 heterocycles. The summed E-state index contributed by atoms with van der Waals surface area (Å²) >= 11 is 5.97. The van der Waals surface area contributed by atoms with E-state index in [0.29, 0.717) is 22.5 Å². The minimum Gasteiger partial charge on any atom is -0.494 e. The molecule has 0 saturated heterocycles. The van der Waals surface area contributed by atoms with Gasteiger partial charge in [-0.15, -0.1) is 0 Å². The lowest BCUT2D eigenvalue weighted by Gasteiger charge is -2.08. The van der Waals surface area contributed by atoms with Gasteiger partial charge < -0.3 is 10.1 Å². The van der Waals surface area contributed by atoms with Crippen LogP contribution in [-0.2, 0) is 16.4 Å². The molecule has 2 aromatic heterocycles. The van der Waals surface area contributed by atoms with Gasteiger partial charge >= 0.3 is 0 Å². The van der Waals surface area contributed by atoms with E-state index in [4.69, 9.17) is 21.7 Å². The fourth-order valence-electron chi connectivity index (χ4n) is 2.53. The maximum absolute atomic E-state index is 14.0. The number of methoxy groups -OCH3 is 1. The van der Waals surface area contributed by atoms with E-state index < -0.39 is 15.7 Å². The van der Waals surface area contributed by atoms with Crippen molar-refractivity contribution in [3.63, 3.8) is 0 Å². The molecular weight excluding hydrogens is 409 g/mol. The van der Waals surface area contributed by atoms with Crippen molar-refractivity contribution in [3.8, 4) is 28.3 Å². The van der Waals surface area contributed by atoms with Gasteiger partial charge in [-0.1, -0.05) is 11.6 Å². The number of rotatable bonds is 6. The average molecular weight is 424 g/mol. The standard InChI is InChI=1S/C17H15ClFN5O3S/c1-27-14-8-10(7-12(18)15(14)19)16-11(9-24(23-16)6-4-20)13-3-5-21-17(22-13)28(2,25)26/h3-5,7-9,20H,6H2,1-2H3. The maximum Gasteiger partial charge on any atom is 0.247 e. The monoisotopic (exact) mass is 423 g/mol. The third-order valence-corrected chi connectivity index (χ3v) is 4.90. The quantitative estimate of drug-likeness (QED) is 0.482. The number of hydrogen-bond donors (Lipinski definition) is 1. The molecule has 8 nitrogen and oxygen atoms in total. The highest BCUT2D eigenvalue weighted by atomic mass is 35.5. The van der Waals surface area contributed by atoms with Crippen molar-refractivity contribution in [3.05, 3.63) is 41.4 Å². The largest absolute Gasteiger partial charge is 0.494 e. The molecule has 0 aliphatic heterocycles. The maximum atomic E-state index is 14.0. The Labute approximate surface area is 165 Å². The fourth-order valence-corrected chi connectivity index (χ4v) is 3.25. The number of halogens is 2. The lowest BCUT2D eigenvalue weighted by Crippen LogP contribution is -2.04. The molecular formula is C17H15ClFN5O3S. The summed E-state index contributed by atoms with van der Waals surface area (Å²) in [4.78, 5) is 7.89. The van der Waals surface area contributed by atoms with E-state index in [0.717, 1.165) is 12.5 Å². The molecule has 0 saturated carbocycles. The van der Waals surface area contributed by atoms with Gasteiger partial charge in [-0.25, -0.2) is 22.8 Å². The molecule has 146 valence electrons. The van der Waals surface area contributed by atoms with Gasteiger partial charge in [0.1, 0.15) is 5.69 Å². The number of ether oxygens (including phenoxy) is 1. The van der Waals surface area contributed by atoms with E-state index in [2.05, 4.69) is 15.1 Å². The summed E-state index contributed by atoms with van der Waals surface area (Å²) in [5.41, 5.74) is 1.60. The molecule has 0 unspecified atom stereocenters. The molecule has 0 atom stereocenters. The first-order valence-corrected chi connectivity index (χ1v) is 10.1. The second-order valence-corrected chi connectivity index (χ2v) is 8.11. The highest BCUT2D eigenvalue weighted by Crippen LogP contribution is 2.36. The van der Waals surface area contributed by atoms with Crippen molar-refractivity contribution in [2.75, 3.05) is 13.4 Å². The number of aromatic nitrogens is 4. The molecule has 3 aromatic rings. The third-order valence-electron chi connectivity index (χ3n) is 3.77. The molecule has 0 spiro atoms. The second-order valence-electron chi connectivity index (χ2n) is 5.79. The molecule has 0 aliphatic rings. The lowest BCUT2D eigenvalue weighted by atomic mass is 10.1. The van der Waals surface area contributed by atoms with Crippen LogP contribution in [-0.4, -0.2) is 47.7 Å². The van der Waals surface area contributed by atoms with Crippen LogP contribution in [0.1, 0.15) is 0 Å². The number of nitrogens with zero attached hydrogens (tertiary/aromatic N) is 4. The van der Waals surface area contributed by atoms with Gasteiger partial charge in [-0.05, 0) is 18.2 Å². The molecule has 1 aromatic carbocycles. The number of sulfone groups is 1.